The zero-order chi connectivity index (χ0) is 52.0. The van der Waals surface area contributed by atoms with Crippen LogP contribution in [0.15, 0.2) is 107 Å². The molecule has 3 fully saturated rings. The first kappa shape index (κ1) is 56.7. The molecule has 1 aliphatic carbocycles. The quantitative estimate of drug-likeness (QED) is 0.0291. The first-order valence-corrected chi connectivity index (χ1v) is 21.8. The molecule has 0 radical (unpaired) electrons. The van der Waals surface area contributed by atoms with Crippen molar-refractivity contribution in [2.45, 2.75) is 126 Å². The first-order valence-electron chi connectivity index (χ1n) is 21.8. The Bertz CT molecular complexity index is 2260. The van der Waals surface area contributed by atoms with Crippen molar-refractivity contribution in [3.63, 3.8) is 0 Å². The van der Waals surface area contributed by atoms with E-state index in [9.17, 15) is 80.5 Å². The van der Waals surface area contributed by atoms with Crippen LogP contribution < -0.4 is 0 Å². The van der Waals surface area contributed by atoms with Crippen LogP contribution in [0.3, 0.4) is 0 Å². The van der Waals surface area contributed by atoms with Gasteiger partial charge in [0.1, 0.15) is 54.9 Å². The van der Waals surface area contributed by atoms with Crippen molar-refractivity contribution in [3.8, 4) is 11.5 Å². The maximum atomic E-state index is 13.0. The lowest BCUT2D eigenvalue weighted by Crippen LogP contribution is -2.61. The van der Waals surface area contributed by atoms with Gasteiger partial charge in [-0.05, 0) is 51.5 Å². The number of aliphatic carboxylic acids is 1. The van der Waals surface area contributed by atoms with Gasteiger partial charge >= 0.3 is 23.9 Å². The van der Waals surface area contributed by atoms with E-state index in [0.717, 1.165) is 23.3 Å². The minimum absolute atomic E-state index is 0.0659. The van der Waals surface area contributed by atoms with Crippen LogP contribution in [-0.4, -0.2) is 184 Å². The molecule has 2 heterocycles. The molecule has 2 aliphatic heterocycles. The van der Waals surface area contributed by atoms with Crippen molar-refractivity contribution in [2.24, 2.45) is 0 Å². The summed E-state index contributed by atoms with van der Waals surface area (Å²) in [4.78, 5) is 50.4. The Morgan fingerprint density at radius 2 is 1.20 bits per heavy atom. The Hall–Kier alpha value is -5.86. The highest BCUT2D eigenvalue weighted by Gasteiger charge is 2.53. The van der Waals surface area contributed by atoms with E-state index in [4.69, 9.17) is 28.4 Å². The maximum absolute atomic E-state index is 13.0. The number of aliphatic hydroxyl groups is 9. The lowest BCUT2D eigenvalue weighted by atomic mass is 9.79. The zero-order valence-corrected chi connectivity index (χ0v) is 38.4. The van der Waals surface area contributed by atoms with Gasteiger partial charge in [0.05, 0.1) is 19.3 Å². The molecule has 4 rings (SSSR count). The average Bonchev–Trinajstić information content (AvgIpc) is 3.31. The van der Waals surface area contributed by atoms with E-state index in [-0.39, 0.29) is 16.9 Å². The Balaban J connectivity index is 1.28. The van der Waals surface area contributed by atoms with Crippen LogP contribution in [0.2, 0.25) is 0 Å². The molecular weight excluding hydrogens is 929 g/mol. The van der Waals surface area contributed by atoms with E-state index >= 15 is 0 Å². The summed E-state index contributed by atoms with van der Waals surface area (Å²) >= 11 is 0. The van der Waals surface area contributed by atoms with Crippen LogP contribution >= 0.6 is 0 Å². The molecule has 0 aromatic heterocycles. The predicted molar refractivity (Wildman–Crippen MR) is 241 cm³/mol. The largest absolute Gasteiger partial charge is 0.504 e. The van der Waals surface area contributed by atoms with Crippen molar-refractivity contribution in [2.75, 3.05) is 13.2 Å². The molecule has 70 heavy (non-hydrogen) atoms. The summed E-state index contributed by atoms with van der Waals surface area (Å²) < 4.78 is 32.1. The summed E-state index contributed by atoms with van der Waals surface area (Å²) in [5.74, 6) is -5.41. The Morgan fingerprint density at radius 3 is 1.76 bits per heavy atom. The molecule has 0 spiro atoms. The zero-order valence-electron chi connectivity index (χ0n) is 38.4. The molecule has 22 nitrogen and oxygen atoms in total. The Morgan fingerprint density at radius 1 is 0.657 bits per heavy atom. The molecule has 22 heteroatoms. The fraction of sp³-hybridized carbons (Fsp3) is 0.458. The third-order valence-corrected chi connectivity index (χ3v) is 11.2. The molecule has 384 valence electrons. The van der Waals surface area contributed by atoms with Gasteiger partial charge < -0.3 is 89.7 Å². The average molecular weight is 989 g/mol. The number of esters is 3. The van der Waals surface area contributed by atoms with E-state index in [1.54, 1.807) is 62.5 Å². The molecular formula is C48H60O22. The van der Waals surface area contributed by atoms with Crippen molar-refractivity contribution >= 4 is 30.0 Å². The Kier molecular flexibility index (Phi) is 20.9. The summed E-state index contributed by atoms with van der Waals surface area (Å²) in [6, 6.07) is 3.73. The summed E-state index contributed by atoms with van der Waals surface area (Å²) in [6.07, 6.45) is -4.47. The van der Waals surface area contributed by atoms with Crippen molar-refractivity contribution < 1.29 is 109 Å². The first-order chi connectivity index (χ1) is 33.0. The minimum atomic E-state index is -2.50. The van der Waals surface area contributed by atoms with E-state index < -0.39 is 141 Å². The molecule has 1 aromatic carbocycles. The predicted octanol–water partition coefficient (Wildman–Crippen LogP) is -0.474. The number of aliphatic hydroxyl groups excluding tert-OH is 8. The lowest BCUT2D eigenvalue weighted by molar-refractivity contribution is -0.326. The SMILES string of the molecule is CC(/C=C/C=C(\C)C(=O)OC1[C@@H](O)C[C@](O)(C(=O)O)C[C@H]1OC(=O)/C=C/c1ccc(O)c(O)c1)=C\C=C\C=C(C)\C=C\C=C(/C)C(=O)O[C@@H]1OC(CO[C@@H]2OC(CO)[C@@H](O)[C@H](O)C2O)[C@@H](O)[C@H](O)C1O. The summed E-state index contributed by atoms with van der Waals surface area (Å²) in [7, 11) is 0. The van der Waals surface area contributed by atoms with Gasteiger partial charge in [0.25, 0.3) is 0 Å². The second-order valence-electron chi connectivity index (χ2n) is 16.8. The van der Waals surface area contributed by atoms with Crippen LogP contribution in [0, 0.1) is 0 Å². The van der Waals surface area contributed by atoms with E-state index in [1.807, 2.05) is 0 Å². The molecule has 3 aliphatic rings. The number of phenols is 2. The van der Waals surface area contributed by atoms with Gasteiger partial charge in [-0.15, -0.1) is 0 Å². The van der Waals surface area contributed by atoms with E-state index in [2.05, 4.69) is 0 Å². The van der Waals surface area contributed by atoms with E-state index in [1.165, 1.54) is 44.2 Å². The van der Waals surface area contributed by atoms with Gasteiger partial charge in [0, 0.05) is 30.1 Å². The number of aromatic hydroxyl groups is 2. The molecule has 14 atom stereocenters. The number of rotatable bonds is 18. The number of carboxylic acids is 1. The van der Waals surface area contributed by atoms with Crippen LogP contribution in [0.4, 0.5) is 0 Å². The number of phenolic OH excluding ortho intramolecular Hbond substituents is 2. The third kappa shape index (κ3) is 15.6. The second-order valence-corrected chi connectivity index (χ2v) is 16.8. The molecule has 0 amide bonds. The molecule has 1 aromatic rings. The van der Waals surface area contributed by atoms with Crippen LogP contribution in [0.1, 0.15) is 46.1 Å². The highest BCUT2D eigenvalue weighted by Crippen LogP contribution is 2.34. The number of hydrogen-bond donors (Lipinski definition) is 12. The monoisotopic (exact) mass is 988 g/mol. The molecule has 2 saturated heterocycles. The summed E-state index contributed by atoms with van der Waals surface area (Å²) in [6.45, 7) is 5.09. The lowest BCUT2D eigenvalue weighted by Gasteiger charge is -2.42. The molecule has 5 unspecified atom stereocenters. The maximum Gasteiger partial charge on any atom is 0.336 e. The van der Waals surface area contributed by atoms with Crippen LogP contribution in [-0.2, 0) is 47.6 Å². The van der Waals surface area contributed by atoms with E-state index in [0.29, 0.717) is 5.56 Å². The smallest absolute Gasteiger partial charge is 0.336 e. The standard InChI is InChI=1S/C48H60O22/c1-24(11-7-13-26(3)43(60)69-42-31(52)20-48(64,47(62)63)21-32(42)66-35(53)18-16-28-15-17-29(50)30(51)19-28)9-5-6-10-25(2)12-8-14-27(4)44(61)70-46-41(59)39(57)37(55)34(68-46)23-65-45-40(58)38(56)36(54)33(22-49)67-45/h5-19,31-34,36-42,45-46,49-52,54-59,64H,20-23H2,1-4H3,(H,62,63)/b6-5+,11-7+,12-8+,18-16+,24-9+,25-10+,26-13+,27-14+/t31-,32+,33?,34?,36+,37+,38-,39-,40?,41?,42?,45+,46-,48+/m0/s1. The van der Waals surface area contributed by atoms with Gasteiger partial charge in [-0.2, -0.15) is 0 Å². The molecule has 1 saturated carbocycles. The Labute approximate surface area is 401 Å². The molecule has 12 N–H and O–H groups in total. The fourth-order valence-electron chi connectivity index (χ4n) is 6.99. The van der Waals surface area contributed by atoms with Crippen LogP contribution in [0.25, 0.3) is 6.08 Å². The molecule has 0 bridgehead atoms. The van der Waals surface area contributed by atoms with Crippen molar-refractivity contribution in [1.82, 2.24) is 0 Å². The highest BCUT2D eigenvalue weighted by atomic mass is 16.7. The number of hydrogen-bond acceptors (Lipinski definition) is 21. The normalized spacial score (nSPS) is 32.7. The van der Waals surface area contributed by atoms with Gasteiger partial charge in [-0.25, -0.2) is 19.2 Å². The summed E-state index contributed by atoms with van der Waals surface area (Å²) in [5.41, 5.74) is -0.549. The van der Waals surface area contributed by atoms with Gasteiger partial charge in [-0.3, -0.25) is 0 Å². The fourth-order valence-corrected chi connectivity index (χ4v) is 6.99. The number of benzene rings is 1. The van der Waals surface area contributed by atoms with Gasteiger partial charge in [-0.1, -0.05) is 78.0 Å². The number of carbonyl (C=O) groups excluding carboxylic acids is 3. The minimum Gasteiger partial charge on any atom is -0.504 e. The van der Waals surface area contributed by atoms with Gasteiger partial charge in [0.2, 0.25) is 6.29 Å². The number of carboxylic acid groups (broad SMARTS) is 1. The second kappa shape index (κ2) is 25.8. The topological polar surface area (TPSA) is 366 Å². The van der Waals surface area contributed by atoms with Crippen LogP contribution in [0.5, 0.6) is 11.5 Å². The van der Waals surface area contributed by atoms with Crippen molar-refractivity contribution in [3.05, 3.63) is 113 Å². The third-order valence-electron chi connectivity index (χ3n) is 11.2. The number of carbonyl (C=O) groups is 4. The summed E-state index contributed by atoms with van der Waals surface area (Å²) in [5, 5.41) is 121. The number of ether oxygens (including phenoxy) is 6. The van der Waals surface area contributed by atoms with Gasteiger partial charge in [0.15, 0.2) is 29.5 Å². The van der Waals surface area contributed by atoms with Crippen molar-refractivity contribution in [1.29, 1.82) is 0 Å². The number of allylic oxidation sites excluding steroid dienone is 12. The highest BCUT2D eigenvalue weighted by molar-refractivity contribution is 5.89.